The molecular weight excluding hydrogens is 322 g/mol. The van der Waals surface area contributed by atoms with Crippen LogP contribution >= 0.6 is 11.8 Å². The minimum Gasteiger partial charge on any atom is -0.465 e. The van der Waals surface area contributed by atoms with Gasteiger partial charge in [-0.15, -0.1) is 0 Å². The zero-order chi connectivity index (χ0) is 16.9. The Labute approximate surface area is 144 Å². The number of aryl methyl sites for hydroxylation is 1. The molecule has 1 aliphatic heterocycles. The number of likely N-dealkylation sites (N-methyl/N-ethyl adjacent to an activating group) is 1. The van der Waals surface area contributed by atoms with E-state index >= 15 is 0 Å². The molecule has 6 heteroatoms. The molecule has 1 fully saturated rings. The van der Waals surface area contributed by atoms with Crippen molar-refractivity contribution in [1.82, 2.24) is 9.88 Å². The van der Waals surface area contributed by atoms with Crippen molar-refractivity contribution in [2.75, 3.05) is 6.54 Å². The van der Waals surface area contributed by atoms with E-state index in [-0.39, 0.29) is 5.91 Å². The van der Waals surface area contributed by atoms with Gasteiger partial charge in [0.1, 0.15) is 5.76 Å². The van der Waals surface area contributed by atoms with Crippen LogP contribution in [0.3, 0.4) is 0 Å². The molecule has 0 N–H and O–H groups in total. The highest BCUT2D eigenvalue weighted by Crippen LogP contribution is 2.32. The number of furan rings is 1. The number of hydrogen-bond donors (Lipinski definition) is 0. The molecule has 0 bridgehead atoms. The lowest BCUT2D eigenvalue weighted by molar-refractivity contribution is -0.122. The second kappa shape index (κ2) is 7.31. The van der Waals surface area contributed by atoms with Crippen molar-refractivity contribution in [1.29, 1.82) is 0 Å². The number of thioether (sulfide) groups is 1. The van der Waals surface area contributed by atoms with E-state index in [1.54, 1.807) is 23.3 Å². The summed E-state index contributed by atoms with van der Waals surface area (Å²) in [4.78, 5) is 23.6. The smallest absolute Gasteiger partial charge is 0.266 e. The van der Waals surface area contributed by atoms with Crippen LogP contribution in [0.1, 0.15) is 18.4 Å². The van der Waals surface area contributed by atoms with Gasteiger partial charge in [0.15, 0.2) is 11.0 Å². The highest BCUT2D eigenvalue weighted by molar-refractivity contribution is 8.18. The summed E-state index contributed by atoms with van der Waals surface area (Å²) in [5.41, 5.74) is 0.895. The van der Waals surface area contributed by atoms with E-state index in [1.807, 2.05) is 50.3 Å². The van der Waals surface area contributed by atoms with Crippen LogP contribution in [0.25, 0.3) is 6.08 Å². The fourth-order valence-electron chi connectivity index (χ4n) is 2.19. The van der Waals surface area contributed by atoms with Crippen molar-refractivity contribution in [2.24, 2.45) is 4.99 Å². The van der Waals surface area contributed by atoms with Gasteiger partial charge in [0.2, 0.25) is 0 Å². The van der Waals surface area contributed by atoms with E-state index in [0.717, 1.165) is 11.5 Å². The predicted octanol–water partition coefficient (Wildman–Crippen LogP) is 4.16. The number of nitrogens with zero attached hydrogens (tertiary/aromatic N) is 3. The molecule has 1 saturated heterocycles. The minimum absolute atomic E-state index is 0.0435. The van der Waals surface area contributed by atoms with Gasteiger partial charge in [0, 0.05) is 12.2 Å². The van der Waals surface area contributed by atoms with Crippen LogP contribution < -0.4 is 0 Å². The molecule has 0 aromatic carbocycles. The Balaban J connectivity index is 1.83. The molecule has 0 unspecified atom stereocenters. The summed E-state index contributed by atoms with van der Waals surface area (Å²) in [5, 5.41) is 0.651. The van der Waals surface area contributed by atoms with Crippen LogP contribution in [0.5, 0.6) is 0 Å². The molecule has 3 heterocycles. The summed E-state index contributed by atoms with van der Waals surface area (Å²) < 4.78 is 5.23. The van der Waals surface area contributed by atoms with Crippen LogP contribution in [-0.4, -0.2) is 27.5 Å². The number of rotatable bonds is 4. The molecule has 0 atom stereocenters. The molecule has 122 valence electrons. The van der Waals surface area contributed by atoms with E-state index in [9.17, 15) is 4.79 Å². The van der Waals surface area contributed by atoms with Crippen LogP contribution in [0, 0.1) is 6.92 Å². The predicted molar refractivity (Wildman–Crippen MR) is 96.9 cm³/mol. The molecule has 0 spiro atoms. The van der Waals surface area contributed by atoms with Gasteiger partial charge in [0.25, 0.3) is 5.91 Å². The van der Waals surface area contributed by atoms with Gasteiger partial charge in [-0.25, -0.2) is 9.98 Å². The first-order valence-electron chi connectivity index (χ1n) is 7.61. The van der Waals surface area contributed by atoms with E-state index in [1.165, 1.54) is 11.8 Å². The third kappa shape index (κ3) is 3.65. The van der Waals surface area contributed by atoms with Crippen LogP contribution in [-0.2, 0) is 4.79 Å². The number of allylic oxidation sites excluding steroid dienone is 2. The lowest BCUT2D eigenvalue weighted by atomic mass is 10.3. The van der Waals surface area contributed by atoms with Crippen LogP contribution in [0.15, 0.2) is 63.1 Å². The van der Waals surface area contributed by atoms with Crippen LogP contribution in [0.4, 0.5) is 5.82 Å². The largest absolute Gasteiger partial charge is 0.465 e. The van der Waals surface area contributed by atoms with Gasteiger partial charge in [-0.1, -0.05) is 12.1 Å². The van der Waals surface area contributed by atoms with Crippen molar-refractivity contribution in [3.05, 3.63) is 65.1 Å². The average molecular weight is 339 g/mol. The second-order valence-electron chi connectivity index (χ2n) is 5.09. The maximum Gasteiger partial charge on any atom is 0.266 e. The van der Waals surface area contributed by atoms with Gasteiger partial charge in [-0.2, -0.15) is 0 Å². The topological polar surface area (TPSA) is 58.7 Å². The Kier molecular flexibility index (Phi) is 4.96. The van der Waals surface area contributed by atoms with Crippen molar-refractivity contribution in [3.63, 3.8) is 0 Å². The Morgan fingerprint density at radius 1 is 1.33 bits per heavy atom. The number of aliphatic imine (C=N–C) groups is 1. The summed E-state index contributed by atoms with van der Waals surface area (Å²) in [6.45, 7) is 4.41. The zero-order valence-electron chi connectivity index (χ0n) is 13.5. The Hall–Kier alpha value is -2.60. The maximum absolute atomic E-state index is 12.5. The van der Waals surface area contributed by atoms with Crippen molar-refractivity contribution < 1.29 is 9.21 Å². The lowest BCUT2D eigenvalue weighted by Gasteiger charge is -2.11. The molecule has 24 heavy (non-hydrogen) atoms. The third-order valence-corrected chi connectivity index (χ3v) is 4.36. The first-order chi connectivity index (χ1) is 11.7. The van der Waals surface area contributed by atoms with E-state index in [2.05, 4.69) is 9.98 Å². The van der Waals surface area contributed by atoms with Gasteiger partial charge in [0.05, 0.1) is 11.2 Å². The maximum atomic E-state index is 12.5. The minimum atomic E-state index is -0.0435. The number of carbonyl (C=O) groups excluding carboxylic acids is 1. The van der Waals surface area contributed by atoms with Gasteiger partial charge < -0.3 is 4.42 Å². The number of pyridine rings is 1. The fraction of sp³-hybridized carbons (Fsp3) is 0.167. The first-order valence-corrected chi connectivity index (χ1v) is 8.43. The van der Waals surface area contributed by atoms with E-state index in [0.29, 0.717) is 22.4 Å². The third-order valence-electron chi connectivity index (χ3n) is 3.34. The first kappa shape index (κ1) is 16.3. The normalized spacial score (nSPS) is 18.4. The highest BCUT2D eigenvalue weighted by atomic mass is 32.2. The molecule has 2 aromatic heterocycles. The second-order valence-corrected chi connectivity index (χ2v) is 6.10. The summed E-state index contributed by atoms with van der Waals surface area (Å²) in [7, 11) is 0. The zero-order valence-corrected chi connectivity index (χ0v) is 14.3. The molecule has 0 saturated carbocycles. The molecule has 2 aromatic rings. The van der Waals surface area contributed by atoms with E-state index < -0.39 is 0 Å². The highest BCUT2D eigenvalue weighted by Gasteiger charge is 2.31. The number of aromatic nitrogens is 1. The quantitative estimate of drug-likeness (QED) is 0.785. The van der Waals surface area contributed by atoms with Crippen molar-refractivity contribution in [2.45, 2.75) is 13.8 Å². The molecule has 5 nitrogen and oxygen atoms in total. The fourth-order valence-corrected chi connectivity index (χ4v) is 3.19. The SMILES string of the molecule is CCN1C(=O)/C(=C\C=C\c2ccco2)S/C1=N/c1cccc(C)n1. The lowest BCUT2D eigenvalue weighted by Crippen LogP contribution is -2.28. The van der Waals surface area contributed by atoms with Gasteiger partial charge in [-0.05, 0) is 62.0 Å². The Morgan fingerprint density at radius 3 is 2.92 bits per heavy atom. The number of amides is 1. The standard InChI is InChI=1S/C18H17N3O2S/c1-3-21-17(22)15(10-5-8-14-9-6-12-23-14)24-18(21)20-16-11-4-7-13(2)19-16/h4-12H,3H2,1-2H3/b8-5+,15-10+,20-18+. The molecule has 0 radical (unpaired) electrons. The van der Waals surface area contributed by atoms with Crippen molar-refractivity contribution >= 4 is 34.7 Å². The number of amidine groups is 1. The summed E-state index contributed by atoms with van der Waals surface area (Å²) in [5.74, 6) is 1.31. The summed E-state index contributed by atoms with van der Waals surface area (Å²) >= 11 is 1.35. The van der Waals surface area contributed by atoms with E-state index in [4.69, 9.17) is 4.42 Å². The summed E-state index contributed by atoms with van der Waals surface area (Å²) in [6, 6.07) is 9.33. The molecule has 3 rings (SSSR count). The number of carbonyl (C=O) groups is 1. The summed E-state index contributed by atoms with van der Waals surface area (Å²) in [6.07, 6.45) is 7.01. The van der Waals surface area contributed by atoms with Gasteiger partial charge >= 0.3 is 0 Å². The number of hydrogen-bond acceptors (Lipinski definition) is 5. The molecular formula is C18H17N3O2S. The van der Waals surface area contributed by atoms with Gasteiger partial charge in [-0.3, -0.25) is 9.69 Å². The monoisotopic (exact) mass is 339 g/mol. The van der Waals surface area contributed by atoms with Crippen LogP contribution in [0.2, 0.25) is 0 Å². The molecule has 1 amide bonds. The Bertz CT molecular complexity index is 823. The Morgan fingerprint density at radius 2 is 2.21 bits per heavy atom. The molecule has 0 aliphatic carbocycles. The average Bonchev–Trinajstić information content (AvgIpc) is 3.16. The molecule has 1 aliphatic rings. The van der Waals surface area contributed by atoms with Crippen molar-refractivity contribution in [3.8, 4) is 0 Å².